The van der Waals surface area contributed by atoms with Gasteiger partial charge in [-0.25, -0.2) is 4.98 Å². The molecule has 3 rings (SSSR count). The summed E-state index contributed by atoms with van der Waals surface area (Å²) in [5.41, 5.74) is 0. The van der Waals surface area contributed by atoms with Crippen molar-refractivity contribution < 1.29 is 4.79 Å². The normalized spacial score (nSPS) is 20.4. The van der Waals surface area contributed by atoms with Crippen molar-refractivity contribution in [1.82, 2.24) is 19.8 Å². The van der Waals surface area contributed by atoms with Gasteiger partial charge in [-0.05, 0) is 13.1 Å². The molecule has 0 bridgehead atoms. The summed E-state index contributed by atoms with van der Waals surface area (Å²) in [4.78, 5) is 29.2. The Morgan fingerprint density at radius 3 is 2.27 bits per heavy atom. The molecule has 1 amide bonds. The lowest BCUT2D eigenvalue weighted by Gasteiger charge is -2.35. The van der Waals surface area contributed by atoms with Gasteiger partial charge in [-0.15, -0.1) is 0 Å². The van der Waals surface area contributed by atoms with Crippen molar-refractivity contribution >= 4 is 17.7 Å². The summed E-state index contributed by atoms with van der Waals surface area (Å²) in [7, 11) is 2.15. The minimum absolute atomic E-state index is 0.145. The van der Waals surface area contributed by atoms with E-state index in [0.29, 0.717) is 0 Å². The lowest BCUT2D eigenvalue weighted by atomic mass is 10.3. The maximum Gasteiger partial charge on any atom is 0.227 e. The highest BCUT2D eigenvalue weighted by Gasteiger charge is 2.22. The number of aromatic nitrogens is 2. The van der Waals surface area contributed by atoms with E-state index in [1.807, 2.05) is 17.2 Å². The molecule has 1 aromatic rings. The van der Waals surface area contributed by atoms with Crippen molar-refractivity contribution in [3.05, 3.63) is 12.3 Å². The lowest BCUT2D eigenvalue weighted by Crippen LogP contribution is -2.49. The SMILES string of the molecule is CC(=O)N1CCN(c2nccc(N3CCN(C)CC3)n2)CC1. The molecule has 0 spiro atoms. The smallest absolute Gasteiger partial charge is 0.227 e. The molecule has 2 aliphatic rings. The molecule has 0 unspecified atom stereocenters. The zero-order chi connectivity index (χ0) is 15.5. The van der Waals surface area contributed by atoms with Crippen molar-refractivity contribution in [2.75, 3.05) is 69.2 Å². The number of anilines is 2. The number of carbonyl (C=O) groups is 1. The van der Waals surface area contributed by atoms with Crippen molar-refractivity contribution in [3.8, 4) is 0 Å². The maximum absolute atomic E-state index is 11.4. The Bertz CT molecular complexity index is 521. The van der Waals surface area contributed by atoms with Crippen LogP contribution in [0.4, 0.5) is 11.8 Å². The van der Waals surface area contributed by atoms with E-state index >= 15 is 0 Å². The number of hydrogen-bond donors (Lipinski definition) is 0. The Labute approximate surface area is 131 Å². The fourth-order valence-electron chi connectivity index (χ4n) is 2.92. The monoisotopic (exact) mass is 304 g/mol. The van der Waals surface area contributed by atoms with Gasteiger partial charge in [0.15, 0.2) is 0 Å². The number of nitrogens with zero attached hydrogens (tertiary/aromatic N) is 6. The van der Waals surface area contributed by atoms with Gasteiger partial charge in [0.05, 0.1) is 0 Å². The van der Waals surface area contributed by atoms with Gasteiger partial charge in [-0.3, -0.25) is 4.79 Å². The fourth-order valence-corrected chi connectivity index (χ4v) is 2.92. The van der Waals surface area contributed by atoms with Gasteiger partial charge in [-0.2, -0.15) is 4.98 Å². The Hall–Kier alpha value is -1.89. The number of hydrogen-bond acceptors (Lipinski definition) is 6. The average molecular weight is 304 g/mol. The molecule has 22 heavy (non-hydrogen) atoms. The molecule has 0 saturated carbocycles. The van der Waals surface area contributed by atoms with Crippen LogP contribution in [0.25, 0.3) is 0 Å². The third-order valence-corrected chi connectivity index (χ3v) is 4.46. The standard InChI is InChI=1S/C15H24N6O/c1-13(22)19-9-11-21(12-10-19)15-16-4-3-14(17-15)20-7-5-18(2)6-8-20/h3-4H,5-12H2,1-2H3. The van der Waals surface area contributed by atoms with E-state index in [-0.39, 0.29) is 5.91 Å². The lowest BCUT2D eigenvalue weighted by molar-refractivity contribution is -0.129. The molecule has 0 atom stereocenters. The van der Waals surface area contributed by atoms with Crippen LogP contribution in [0.15, 0.2) is 12.3 Å². The molecule has 0 aromatic carbocycles. The first kappa shape index (κ1) is 15.0. The third-order valence-electron chi connectivity index (χ3n) is 4.46. The predicted molar refractivity (Wildman–Crippen MR) is 86.2 cm³/mol. The van der Waals surface area contributed by atoms with E-state index < -0.39 is 0 Å². The third kappa shape index (κ3) is 3.30. The summed E-state index contributed by atoms with van der Waals surface area (Å²) in [5, 5.41) is 0. The highest BCUT2D eigenvalue weighted by Crippen LogP contribution is 2.17. The average Bonchev–Trinajstić information content (AvgIpc) is 2.56. The second-order valence-electron chi connectivity index (χ2n) is 6.00. The molecular formula is C15H24N6O. The van der Waals surface area contributed by atoms with E-state index in [2.05, 4.69) is 26.7 Å². The molecular weight excluding hydrogens is 280 g/mol. The van der Waals surface area contributed by atoms with Gasteiger partial charge < -0.3 is 19.6 Å². The summed E-state index contributed by atoms with van der Waals surface area (Å²) in [5.74, 6) is 1.93. The van der Waals surface area contributed by atoms with E-state index in [9.17, 15) is 4.79 Å². The largest absolute Gasteiger partial charge is 0.354 e. The van der Waals surface area contributed by atoms with Crippen LogP contribution < -0.4 is 9.80 Å². The van der Waals surface area contributed by atoms with Crippen LogP contribution in [0.5, 0.6) is 0 Å². The topological polar surface area (TPSA) is 55.8 Å². The van der Waals surface area contributed by atoms with Crippen LogP contribution in [0.2, 0.25) is 0 Å². The highest BCUT2D eigenvalue weighted by molar-refractivity contribution is 5.73. The molecule has 1 aromatic heterocycles. The van der Waals surface area contributed by atoms with Gasteiger partial charge in [0.1, 0.15) is 5.82 Å². The summed E-state index contributed by atoms with van der Waals surface area (Å²) < 4.78 is 0. The molecule has 2 saturated heterocycles. The van der Waals surface area contributed by atoms with Crippen LogP contribution in [-0.4, -0.2) is 85.1 Å². The molecule has 120 valence electrons. The molecule has 0 N–H and O–H groups in total. The van der Waals surface area contributed by atoms with Crippen LogP contribution in [-0.2, 0) is 4.79 Å². The number of likely N-dealkylation sites (N-methyl/N-ethyl adjacent to an activating group) is 1. The molecule has 0 radical (unpaired) electrons. The zero-order valence-electron chi connectivity index (χ0n) is 13.4. The first-order valence-electron chi connectivity index (χ1n) is 7.90. The number of rotatable bonds is 2. The molecule has 7 nitrogen and oxygen atoms in total. The van der Waals surface area contributed by atoms with E-state index in [4.69, 9.17) is 4.98 Å². The summed E-state index contributed by atoms with van der Waals surface area (Å²) in [6.45, 7) is 8.86. The number of carbonyl (C=O) groups excluding carboxylic acids is 1. The Morgan fingerprint density at radius 1 is 1.00 bits per heavy atom. The van der Waals surface area contributed by atoms with Crippen LogP contribution in [0, 0.1) is 0 Å². The van der Waals surface area contributed by atoms with E-state index in [1.54, 1.807) is 6.92 Å². The minimum Gasteiger partial charge on any atom is -0.354 e. The number of piperazine rings is 2. The van der Waals surface area contributed by atoms with E-state index in [1.165, 1.54) is 0 Å². The summed E-state index contributed by atoms with van der Waals surface area (Å²) in [6, 6.07) is 1.99. The van der Waals surface area contributed by atoms with E-state index in [0.717, 1.165) is 64.1 Å². The van der Waals surface area contributed by atoms with Crippen molar-refractivity contribution in [2.24, 2.45) is 0 Å². The zero-order valence-corrected chi connectivity index (χ0v) is 13.4. The van der Waals surface area contributed by atoms with Gasteiger partial charge in [-0.1, -0.05) is 0 Å². The fraction of sp³-hybridized carbons (Fsp3) is 0.667. The molecule has 0 aliphatic carbocycles. The second kappa shape index (κ2) is 6.48. The van der Waals surface area contributed by atoms with Crippen LogP contribution >= 0.6 is 0 Å². The first-order valence-corrected chi connectivity index (χ1v) is 7.90. The minimum atomic E-state index is 0.145. The number of amides is 1. The summed E-state index contributed by atoms with van der Waals surface area (Å²) in [6.07, 6.45) is 1.84. The quantitative estimate of drug-likeness (QED) is 0.760. The van der Waals surface area contributed by atoms with Gasteiger partial charge in [0.2, 0.25) is 11.9 Å². The van der Waals surface area contributed by atoms with Crippen LogP contribution in [0.3, 0.4) is 0 Å². The Balaban J connectivity index is 1.66. The van der Waals surface area contributed by atoms with Crippen LogP contribution in [0.1, 0.15) is 6.92 Å². The van der Waals surface area contributed by atoms with Crippen molar-refractivity contribution in [2.45, 2.75) is 6.92 Å². The maximum atomic E-state index is 11.4. The Morgan fingerprint density at radius 2 is 1.64 bits per heavy atom. The van der Waals surface area contributed by atoms with Crippen molar-refractivity contribution in [3.63, 3.8) is 0 Å². The van der Waals surface area contributed by atoms with Gasteiger partial charge >= 0.3 is 0 Å². The summed E-state index contributed by atoms with van der Waals surface area (Å²) >= 11 is 0. The first-order chi connectivity index (χ1) is 10.6. The molecule has 2 aliphatic heterocycles. The Kier molecular flexibility index (Phi) is 4.42. The molecule has 7 heteroatoms. The van der Waals surface area contributed by atoms with Gasteiger partial charge in [0.25, 0.3) is 0 Å². The predicted octanol–water partition coefficient (Wildman–Crippen LogP) is -0.103. The van der Waals surface area contributed by atoms with Crippen molar-refractivity contribution in [1.29, 1.82) is 0 Å². The highest BCUT2D eigenvalue weighted by atomic mass is 16.2. The van der Waals surface area contributed by atoms with Gasteiger partial charge in [0, 0.05) is 65.5 Å². The second-order valence-corrected chi connectivity index (χ2v) is 6.00. The molecule has 2 fully saturated rings. The molecule has 3 heterocycles.